The van der Waals surface area contributed by atoms with Crippen LogP contribution in [0.5, 0.6) is 0 Å². The highest BCUT2D eigenvalue weighted by Crippen LogP contribution is 2.58. The van der Waals surface area contributed by atoms with Crippen LogP contribution in [0.15, 0.2) is 158 Å². The zero-order valence-corrected chi connectivity index (χ0v) is 27.7. The molecule has 0 fully saturated rings. The van der Waals surface area contributed by atoms with E-state index >= 15 is 0 Å². The van der Waals surface area contributed by atoms with Gasteiger partial charge in [0.2, 0.25) is 0 Å². The van der Waals surface area contributed by atoms with Crippen molar-refractivity contribution in [1.82, 2.24) is 0 Å². The van der Waals surface area contributed by atoms with Crippen molar-refractivity contribution in [3.63, 3.8) is 0 Å². The van der Waals surface area contributed by atoms with E-state index in [1.54, 1.807) is 0 Å². The Morgan fingerprint density at radius 2 is 0.755 bits per heavy atom. The summed E-state index contributed by atoms with van der Waals surface area (Å²) in [7, 11) is 0. The van der Waals surface area contributed by atoms with Crippen LogP contribution in [0.1, 0.15) is 33.4 Å². The number of hydrogen-bond donors (Lipinski definition) is 2. The minimum Gasteiger partial charge on any atom is -0.399 e. The lowest BCUT2D eigenvalue weighted by Crippen LogP contribution is -2.29. The second kappa shape index (κ2) is 11.0. The summed E-state index contributed by atoms with van der Waals surface area (Å²) in [4.78, 5) is 0. The molecule has 8 aromatic carbocycles. The van der Waals surface area contributed by atoms with Gasteiger partial charge in [-0.1, -0.05) is 121 Å². The first-order chi connectivity index (χ1) is 23.9. The van der Waals surface area contributed by atoms with Crippen molar-refractivity contribution in [2.75, 3.05) is 11.5 Å². The summed E-state index contributed by atoms with van der Waals surface area (Å²) in [5, 5.41) is 4.95. The Morgan fingerprint density at radius 3 is 1.18 bits per heavy atom. The highest BCUT2D eigenvalue weighted by atomic mass is 14.6. The molecule has 2 nitrogen and oxygen atoms in total. The van der Waals surface area contributed by atoms with Crippen molar-refractivity contribution in [2.24, 2.45) is 0 Å². The van der Waals surface area contributed by atoms with E-state index in [2.05, 4.69) is 172 Å². The zero-order chi connectivity index (χ0) is 33.3. The molecule has 9 rings (SSSR count). The number of nitrogens with two attached hydrogens (primary N) is 2. The molecule has 1 aliphatic rings. The maximum absolute atomic E-state index is 6.48. The maximum atomic E-state index is 6.48. The first kappa shape index (κ1) is 29.1. The summed E-state index contributed by atoms with van der Waals surface area (Å²) >= 11 is 0. The summed E-state index contributed by atoms with van der Waals surface area (Å²) < 4.78 is 0. The molecule has 4 N–H and O–H groups in total. The Balaban J connectivity index is 1.36. The molecule has 1 aliphatic carbocycles. The average molecular weight is 629 g/mol. The number of rotatable bonds is 4. The fourth-order valence-electron chi connectivity index (χ4n) is 8.03. The van der Waals surface area contributed by atoms with E-state index in [0.29, 0.717) is 0 Å². The largest absolute Gasteiger partial charge is 0.399 e. The number of benzene rings is 8. The minimum atomic E-state index is -0.610. The first-order valence-corrected chi connectivity index (χ1v) is 16.9. The number of aryl methyl sites for hydroxylation is 2. The number of fused-ring (bicyclic) bond motifs is 5. The van der Waals surface area contributed by atoms with Gasteiger partial charge < -0.3 is 11.5 Å². The fraction of sp³-hybridized carbons (Fsp3) is 0.0638. The topological polar surface area (TPSA) is 52.0 Å². The van der Waals surface area contributed by atoms with Gasteiger partial charge >= 0.3 is 0 Å². The van der Waals surface area contributed by atoms with Gasteiger partial charge in [-0.3, -0.25) is 0 Å². The van der Waals surface area contributed by atoms with Crippen molar-refractivity contribution in [1.29, 1.82) is 0 Å². The lowest BCUT2D eigenvalue weighted by Gasteiger charge is -2.35. The molecular weight excluding hydrogens is 593 g/mol. The quantitative estimate of drug-likeness (QED) is 0.191. The van der Waals surface area contributed by atoms with Gasteiger partial charge in [0.05, 0.1) is 5.41 Å². The van der Waals surface area contributed by atoms with Crippen molar-refractivity contribution in [2.45, 2.75) is 19.3 Å². The van der Waals surface area contributed by atoms with Crippen LogP contribution in [-0.4, -0.2) is 0 Å². The second-order valence-corrected chi connectivity index (χ2v) is 13.5. The Kier molecular flexibility index (Phi) is 6.50. The first-order valence-electron chi connectivity index (χ1n) is 16.9. The molecule has 0 heterocycles. The number of anilines is 2. The van der Waals surface area contributed by atoms with E-state index in [1.165, 1.54) is 77.2 Å². The smallest absolute Gasteiger partial charge is 0.0714 e. The summed E-state index contributed by atoms with van der Waals surface area (Å²) in [6.45, 7) is 4.21. The Morgan fingerprint density at radius 1 is 0.367 bits per heavy atom. The van der Waals surface area contributed by atoms with Crippen molar-refractivity contribution in [3.8, 4) is 33.4 Å². The molecule has 2 heteroatoms. The Hall–Kier alpha value is -6.12. The number of hydrogen-bond acceptors (Lipinski definition) is 2. The predicted octanol–water partition coefficient (Wildman–Crippen LogP) is 11.5. The van der Waals surface area contributed by atoms with E-state index in [4.69, 9.17) is 11.5 Å². The van der Waals surface area contributed by atoms with Gasteiger partial charge in [-0.25, -0.2) is 0 Å². The van der Waals surface area contributed by atoms with Crippen LogP contribution in [-0.2, 0) is 5.41 Å². The summed E-state index contributed by atoms with van der Waals surface area (Å²) in [6, 6.07) is 57.9. The molecule has 0 saturated heterocycles. The molecule has 0 aliphatic heterocycles. The van der Waals surface area contributed by atoms with Crippen LogP contribution >= 0.6 is 0 Å². The summed E-state index contributed by atoms with van der Waals surface area (Å²) in [5.74, 6) is 0. The molecular formula is C47H36N2. The predicted molar refractivity (Wildman–Crippen MR) is 208 cm³/mol. The fourth-order valence-corrected chi connectivity index (χ4v) is 8.03. The summed E-state index contributed by atoms with van der Waals surface area (Å²) in [5.41, 5.74) is 28.2. The van der Waals surface area contributed by atoms with E-state index in [-0.39, 0.29) is 0 Å². The van der Waals surface area contributed by atoms with Crippen LogP contribution in [0.4, 0.5) is 11.4 Å². The molecule has 0 bridgehead atoms. The van der Waals surface area contributed by atoms with Gasteiger partial charge in [-0.2, -0.15) is 0 Å². The zero-order valence-electron chi connectivity index (χ0n) is 27.7. The monoisotopic (exact) mass is 628 g/mol. The van der Waals surface area contributed by atoms with E-state index in [0.717, 1.165) is 22.5 Å². The molecule has 0 amide bonds. The van der Waals surface area contributed by atoms with Gasteiger partial charge in [0.25, 0.3) is 0 Å². The maximum Gasteiger partial charge on any atom is 0.0714 e. The highest BCUT2D eigenvalue weighted by molar-refractivity contribution is 5.93. The molecule has 49 heavy (non-hydrogen) atoms. The van der Waals surface area contributed by atoms with E-state index in [9.17, 15) is 0 Å². The minimum absolute atomic E-state index is 0.610. The third-order valence-corrected chi connectivity index (χ3v) is 10.7. The van der Waals surface area contributed by atoms with E-state index < -0.39 is 5.41 Å². The van der Waals surface area contributed by atoms with Gasteiger partial charge in [0.15, 0.2) is 0 Å². The highest BCUT2D eigenvalue weighted by Gasteiger charge is 2.47. The third kappa shape index (κ3) is 4.48. The molecule has 0 unspecified atom stereocenters. The van der Waals surface area contributed by atoms with Crippen molar-refractivity contribution in [3.05, 3.63) is 191 Å². The standard InChI is InChI=1S/C47H36N2/c1-29-23-39(17-21-45(29)48)47(40-18-22-46(49)30(2)24-40)43-27-37(35-13-11-31-7-3-5-9-33(31)25-35)15-19-41(43)42-20-16-38(28-44(42)47)36-14-12-32-8-4-6-10-34(32)26-36/h3-28H,48-49H2,1-2H3. The number of nitrogen functional groups attached to an aromatic ring is 2. The molecule has 234 valence electrons. The lowest BCUT2D eigenvalue weighted by molar-refractivity contribution is 0.767. The van der Waals surface area contributed by atoms with Crippen LogP contribution < -0.4 is 11.5 Å². The molecule has 0 atom stereocenters. The Labute approximate surface area is 287 Å². The second-order valence-electron chi connectivity index (χ2n) is 13.5. The van der Waals surface area contributed by atoms with Crippen molar-refractivity contribution < 1.29 is 0 Å². The molecule has 0 radical (unpaired) electrons. The molecule has 0 aromatic heterocycles. The lowest BCUT2D eigenvalue weighted by atomic mass is 9.66. The van der Waals surface area contributed by atoms with E-state index in [1.807, 2.05) is 0 Å². The molecule has 0 saturated carbocycles. The van der Waals surface area contributed by atoms with Crippen LogP contribution in [0.25, 0.3) is 54.9 Å². The average Bonchev–Trinajstić information content (AvgIpc) is 3.43. The summed E-state index contributed by atoms with van der Waals surface area (Å²) in [6.07, 6.45) is 0. The Bertz CT molecular complexity index is 2430. The molecule has 0 spiro atoms. The van der Waals surface area contributed by atoms with Gasteiger partial charge in [0, 0.05) is 11.4 Å². The van der Waals surface area contributed by atoms with Crippen molar-refractivity contribution >= 4 is 32.9 Å². The van der Waals surface area contributed by atoms with Crippen LogP contribution in [0.3, 0.4) is 0 Å². The van der Waals surface area contributed by atoms with Crippen LogP contribution in [0, 0.1) is 13.8 Å². The van der Waals surface area contributed by atoms with Crippen LogP contribution in [0.2, 0.25) is 0 Å². The van der Waals surface area contributed by atoms with Gasteiger partial charge in [-0.05, 0) is 139 Å². The molecule has 8 aromatic rings. The normalized spacial score (nSPS) is 13.0. The van der Waals surface area contributed by atoms with Gasteiger partial charge in [-0.15, -0.1) is 0 Å². The third-order valence-electron chi connectivity index (χ3n) is 10.7. The SMILES string of the molecule is Cc1cc(C2(c3ccc(N)c(C)c3)c3cc(-c4ccc5ccccc5c4)ccc3-c3ccc(-c4ccc5ccccc5c4)cc32)ccc1N. The van der Waals surface area contributed by atoms with Gasteiger partial charge in [0.1, 0.15) is 0 Å².